The number of nitrogens with zero attached hydrogens (tertiary/aromatic N) is 4. The summed E-state index contributed by atoms with van der Waals surface area (Å²) >= 11 is 0. The molecule has 3 aromatic rings. The predicted molar refractivity (Wildman–Crippen MR) is 107 cm³/mol. The molecule has 140 valence electrons. The summed E-state index contributed by atoms with van der Waals surface area (Å²) in [4.78, 5) is 16.4. The lowest BCUT2D eigenvalue weighted by Gasteiger charge is -2.31. The van der Waals surface area contributed by atoms with Crippen LogP contribution in [0.4, 0.5) is 5.69 Å². The molecule has 1 saturated heterocycles. The lowest BCUT2D eigenvalue weighted by molar-refractivity contribution is -0.917. The Kier molecular flexibility index (Phi) is 5.16. The lowest BCUT2D eigenvalue weighted by atomic mass is 10.1. The first kappa shape index (κ1) is 17.7. The zero-order chi connectivity index (χ0) is 18.6. The third-order valence-corrected chi connectivity index (χ3v) is 5.23. The third-order valence-electron chi connectivity index (χ3n) is 5.23. The molecule has 6 heteroatoms. The third kappa shape index (κ3) is 3.85. The fourth-order valence-electron chi connectivity index (χ4n) is 3.87. The number of para-hydroxylation sites is 1. The van der Waals surface area contributed by atoms with Crippen LogP contribution in [0, 0.1) is 0 Å². The van der Waals surface area contributed by atoms with Crippen LogP contribution in [-0.2, 0) is 13.2 Å². The van der Waals surface area contributed by atoms with Gasteiger partial charge in [0.2, 0.25) is 0 Å². The highest BCUT2D eigenvalue weighted by Gasteiger charge is 2.17. The Morgan fingerprint density at radius 1 is 1.00 bits per heavy atom. The average Bonchev–Trinajstić information content (AvgIpc) is 2.71. The molecule has 1 N–H and O–H groups in total. The molecule has 1 aliphatic heterocycles. The van der Waals surface area contributed by atoms with Gasteiger partial charge in [-0.1, -0.05) is 35.5 Å². The number of benzene rings is 2. The summed E-state index contributed by atoms with van der Waals surface area (Å²) < 4.78 is 1.47. The molecule has 0 amide bonds. The number of anilines is 1. The van der Waals surface area contributed by atoms with Crippen LogP contribution >= 0.6 is 0 Å². The largest absolute Gasteiger partial charge is 0.371 e. The Bertz CT molecular complexity index is 977. The van der Waals surface area contributed by atoms with Crippen LogP contribution in [0.15, 0.2) is 53.3 Å². The number of aromatic nitrogens is 3. The normalized spacial score (nSPS) is 15.8. The van der Waals surface area contributed by atoms with E-state index in [2.05, 4.69) is 46.5 Å². The van der Waals surface area contributed by atoms with Crippen molar-refractivity contribution < 1.29 is 4.90 Å². The van der Waals surface area contributed by atoms with Gasteiger partial charge < -0.3 is 9.80 Å². The monoisotopic (exact) mass is 364 g/mol. The highest BCUT2D eigenvalue weighted by molar-refractivity contribution is 5.76. The Labute approximate surface area is 159 Å². The standard InChI is InChI=1S/C21H25N5O/c1-24(16-26-21(27)18-10-4-5-11-19(18)22-23-26)15-17-9-3-6-12-20(17)25-13-7-2-8-14-25/h3-6,9-12H,2,7-8,13-16H2,1H3/p+1. The van der Waals surface area contributed by atoms with E-state index in [9.17, 15) is 4.79 Å². The molecule has 1 aliphatic rings. The second kappa shape index (κ2) is 7.88. The van der Waals surface area contributed by atoms with E-state index in [1.165, 1.54) is 40.1 Å². The first-order valence-electron chi connectivity index (χ1n) is 9.69. The van der Waals surface area contributed by atoms with Crippen LogP contribution in [0.5, 0.6) is 0 Å². The second-order valence-corrected chi connectivity index (χ2v) is 7.38. The zero-order valence-corrected chi connectivity index (χ0v) is 15.8. The van der Waals surface area contributed by atoms with Crippen molar-refractivity contribution in [1.82, 2.24) is 15.0 Å². The van der Waals surface area contributed by atoms with E-state index < -0.39 is 0 Å². The number of piperidine rings is 1. The van der Waals surface area contributed by atoms with Gasteiger partial charge in [0.05, 0.1) is 12.4 Å². The number of fused-ring (bicyclic) bond motifs is 1. The van der Waals surface area contributed by atoms with Gasteiger partial charge >= 0.3 is 0 Å². The number of nitrogens with one attached hydrogen (secondary N) is 1. The minimum Gasteiger partial charge on any atom is -0.371 e. The molecule has 2 aromatic carbocycles. The molecule has 6 nitrogen and oxygen atoms in total. The van der Waals surface area contributed by atoms with Crippen molar-refractivity contribution in [3.8, 4) is 0 Å². The van der Waals surface area contributed by atoms with Gasteiger partial charge in [0.25, 0.3) is 5.56 Å². The predicted octanol–water partition coefficient (Wildman–Crippen LogP) is 1.45. The molecule has 1 atom stereocenters. The van der Waals surface area contributed by atoms with Crippen molar-refractivity contribution in [2.75, 3.05) is 25.0 Å². The van der Waals surface area contributed by atoms with E-state index in [1.54, 1.807) is 0 Å². The van der Waals surface area contributed by atoms with Crippen molar-refractivity contribution in [2.24, 2.45) is 0 Å². The average molecular weight is 364 g/mol. The highest BCUT2D eigenvalue weighted by atomic mass is 16.1. The molecule has 0 radical (unpaired) electrons. The Morgan fingerprint density at radius 3 is 2.59 bits per heavy atom. The second-order valence-electron chi connectivity index (χ2n) is 7.38. The number of hydrogen-bond donors (Lipinski definition) is 1. The van der Waals surface area contributed by atoms with Crippen LogP contribution in [0.1, 0.15) is 24.8 Å². The van der Waals surface area contributed by atoms with Gasteiger partial charge in [-0.15, -0.1) is 5.10 Å². The van der Waals surface area contributed by atoms with Gasteiger partial charge in [-0.25, -0.2) is 0 Å². The quantitative estimate of drug-likeness (QED) is 0.745. The molecule has 0 spiro atoms. The molecule has 27 heavy (non-hydrogen) atoms. The van der Waals surface area contributed by atoms with Crippen molar-refractivity contribution in [2.45, 2.75) is 32.5 Å². The smallest absolute Gasteiger partial charge is 0.282 e. The topological polar surface area (TPSA) is 55.5 Å². The summed E-state index contributed by atoms with van der Waals surface area (Å²) in [6.45, 7) is 3.59. The molecule has 0 saturated carbocycles. The molecule has 0 bridgehead atoms. The molecule has 1 unspecified atom stereocenters. The fourth-order valence-corrected chi connectivity index (χ4v) is 3.87. The summed E-state index contributed by atoms with van der Waals surface area (Å²) in [6, 6.07) is 16.0. The van der Waals surface area contributed by atoms with Gasteiger partial charge in [0.15, 0.2) is 6.67 Å². The summed E-state index contributed by atoms with van der Waals surface area (Å²) in [5.41, 5.74) is 3.21. The Hall–Kier alpha value is -2.73. The SMILES string of the molecule is C[NH+](Cc1ccccc1N1CCCCC1)Cn1nnc2ccccc2c1=O. The van der Waals surface area contributed by atoms with Gasteiger partial charge in [-0.2, -0.15) is 4.68 Å². The van der Waals surface area contributed by atoms with Gasteiger partial charge in [-0.05, 0) is 37.5 Å². The maximum atomic E-state index is 12.7. The van der Waals surface area contributed by atoms with E-state index in [0.717, 1.165) is 19.6 Å². The number of quaternary nitrogens is 1. The first-order valence-corrected chi connectivity index (χ1v) is 9.69. The van der Waals surface area contributed by atoms with Crippen LogP contribution in [0.2, 0.25) is 0 Å². The maximum absolute atomic E-state index is 12.7. The van der Waals surface area contributed by atoms with E-state index in [-0.39, 0.29) is 5.56 Å². The van der Waals surface area contributed by atoms with Crippen LogP contribution in [0.25, 0.3) is 10.9 Å². The lowest BCUT2D eigenvalue weighted by Crippen LogP contribution is -3.07. The summed E-state index contributed by atoms with van der Waals surface area (Å²) in [7, 11) is 2.09. The molecule has 2 heterocycles. The molecular formula is C21H26N5O+. The first-order chi connectivity index (χ1) is 13.2. The minimum atomic E-state index is -0.0794. The van der Waals surface area contributed by atoms with Crippen molar-refractivity contribution in [3.05, 3.63) is 64.4 Å². The molecular weight excluding hydrogens is 338 g/mol. The number of rotatable bonds is 5. The molecule has 4 rings (SSSR count). The summed E-state index contributed by atoms with van der Waals surface area (Å²) in [5.74, 6) is 0. The highest BCUT2D eigenvalue weighted by Crippen LogP contribution is 2.23. The summed E-state index contributed by atoms with van der Waals surface area (Å²) in [5, 5.41) is 8.93. The Balaban J connectivity index is 1.53. The van der Waals surface area contributed by atoms with E-state index in [4.69, 9.17) is 0 Å². The fraction of sp³-hybridized carbons (Fsp3) is 0.381. The van der Waals surface area contributed by atoms with Crippen molar-refractivity contribution in [1.29, 1.82) is 0 Å². The van der Waals surface area contributed by atoms with Gasteiger partial charge in [0, 0.05) is 24.3 Å². The van der Waals surface area contributed by atoms with Gasteiger partial charge in [0.1, 0.15) is 12.1 Å². The molecule has 1 aromatic heterocycles. The maximum Gasteiger partial charge on any atom is 0.282 e. The minimum absolute atomic E-state index is 0.0794. The molecule has 0 aliphatic carbocycles. The van der Waals surface area contributed by atoms with E-state index in [0.29, 0.717) is 17.6 Å². The van der Waals surface area contributed by atoms with Gasteiger partial charge in [-0.3, -0.25) is 4.79 Å². The van der Waals surface area contributed by atoms with Crippen LogP contribution < -0.4 is 15.4 Å². The van der Waals surface area contributed by atoms with Crippen LogP contribution in [-0.4, -0.2) is 35.1 Å². The summed E-state index contributed by atoms with van der Waals surface area (Å²) in [6.07, 6.45) is 3.85. The zero-order valence-electron chi connectivity index (χ0n) is 15.8. The van der Waals surface area contributed by atoms with E-state index >= 15 is 0 Å². The van der Waals surface area contributed by atoms with Crippen molar-refractivity contribution >= 4 is 16.6 Å². The Morgan fingerprint density at radius 2 is 1.74 bits per heavy atom. The molecule has 1 fully saturated rings. The van der Waals surface area contributed by atoms with Crippen LogP contribution in [0.3, 0.4) is 0 Å². The van der Waals surface area contributed by atoms with Crippen molar-refractivity contribution in [3.63, 3.8) is 0 Å². The van der Waals surface area contributed by atoms with E-state index in [1.807, 2.05) is 24.3 Å². The number of hydrogen-bond acceptors (Lipinski definition) is 4.